The number of likely N-dealkylation sites (N-methyl/N-ethyl adjacent to an activating group) is 1. The molecule has 0 fully saturated rings. The largest absolute Gasteiger partial charge is 0.382 e. The fourth-order valence-corrected chi connectivity index (χ4v) is 3.10. The Bertz CT molecular complexity index is 381. The summed E-state index contributed by atoms with van der Waals surface area (Å²) in [5.74, 6) is 0.547. The van der Waals surface area contributed by atoms with Crippen molar-refractivity contribution in [2.45, 2.75) is 51.5 Å². The maximum atomic E-state index is 5.53. The minimum atomic E-state index is 0.491. The molecule has 1 heterocycles. The Morgan fingerprint density at radius 3 is 3.16 bits per heavy atom. The molecule has 106 valence electrons. The van der Waals surface area contributed by atoms with Crippen LogP contribution in [0.25, 0.3) is 0 Å². The monoisotopic (exact) mass is 262 g/mol. The van der Waals surface area contributed by atoms with Crippen LogP contribution in [0.15, 0.2) is 18.3 Å². The molecule has 1 aliphatic rings. The molecular weight excluding hydrogens is 236 g/mol. The van der Waals surface area contributed by atoms with Crippen molar-refractivity contribution in [3.63, 3.8) is 0 Å². The minimum absolute atomic E-state index is 0.491. The number of nitrogens with one attached hydrogen (secondary N) is 1. The van der Waals surface area contributed by atoms with E-state index >= 15 is 0 Å². The van der Waals surface area contributed by atoms with E-state index in [9.17, 15) is 0 Å². The van der Waals surface area contributed by atoms with Crippen molar-refractivity contribution in [1.29, 1.82) is 0 Å². The third kappa shape index (κ3) is 3.77. The summed E-state index contributed by atoms with van der Waals surface area (Å²) in [5, 5.41) is 3.63. The van der Waals surface area contributed by atoms with Gasteiger partial charge in [0.05, 0.1) is 0 Å². The molecule has 19 heavy (non-hydrogen) atoms. The molecule has 0 radical (unpaired) electrons. The van der Waals surface area contributed by atoms with Crippen molar-refractivity contribution >= 4 is 0 Å². The van der Waals surface area contributed by atoms with Crippen LogP contribution in [0, 0.1) is 0 Å². The number of pyridine rings is 1. The molecule has 3 nitrogen and oxygen atoms in total. The number of aromatic nitrogens is 1. The molecule has 1 N–H and O–H groups in total. The van der Waals surface area contributed by atoms with Gasteiger partial charge in [0.25, 0.3) is 0 Å². The standard InChI is InChI=1S/C16H26N2O/c1-3-17-15(10-12-19-4-2)14-9-5-7-13-8-6-11-18-16(13)14/h6,8,11,14-15,17H,3-5,7,9-10,12H2,1-2H3. The van der Waals surface area contributed by atoms with E-state index in [4.69, 9.17) is 4.74 Å². The van der Waals surface area contributed by atoms with Crippen LogP contribution in [0.3, 0.4) is 0 Å². The van der Waals surface area contributed by atoms with E-state index in [-0.39, 0.29) is 0 Å². The van der Waals surface area contributed by atoms with Crippen LogP contribution in [-0.4, -0.2) is 30.8 Å². The van der Waals surface area contributed by atoms with E-state index < -0.39 is 0 Å². The molecule has 1 aromatic heterocycles. The van der Waals surface area contributed by atoms with Gasteiger partial charge >= 0.3 is 0 Å². The molecule has 1 aromatic rings. The van der Waals surface area contributed by atoms with Crippen molar-refractivity contribution in [3.05, 3.63) is 29.6 Å². The average Bonchev–Trinajstić information content (AvgIpc) is 2.46. The smallest absolute Gasteiger partial charge is 0.0481 e. The molecular formula is C16H26N2O. The average molecular weight is 262 g/mol. The van der Waals surface area contributed by atoms with Crippen molar-refractivity contribution in [2.24, 2.45) is 0 Å². The van der Waals surface area contributed by atoms with Gasteiger partial charge in [-0.25, -0.2) is 0 Å². The summed E-state index contributed by atoms with van der Waals surface area (Å²) in [4.78, 5) is 4.65. The van der Waals surface area contributed by atoms with Gasteiger partial charge in [-0.2, -0.15) is 0 Å². The zero-order valence-electron chi connectivity index (χ0n) is 12.2. The summed E-state index contributed by atoms with van der Waals surface area (Å²) in [6.45, 7) is 6.89. The Balaban J connectivity index is 2.08. The number of rotatable bonds is 7. The van der Waals surface area contributed by atoms with Crippen molar-refractivity contribution in [3.8, 4) is 0 Å². The number of hydrogen-bond donors (Lipinski definition) is 1. The van der Waals surface area contributed by atoms with Gasteiger partial charge in [0, 0.05) is 37.1 Å². The molecule has 3 heteroatoms. The van der Waals surface area contributed by atoms with Gasteiger partial charge in [0.2, 0.25) is 0 Å². The van der Waals surface area contributed by atoms with E-state index in [1.165, 1.54) is 30.5 Å². The fourth-order valence-electron chi connectivity index (χ4n) is 3.10. The highest BCUT2D eigenvalue weighted by atomic mass is 16.5. The van der Waals surface area contributed by atoms with E-state index in [1.54, 1.807) is 0 Å². The number of nitrogens with zero attached hydrogens (tertiary/aromatic N) is 1. The Morgan fingerprint density at radius 2 is 2.37 bits per heavy atom. The van der Waals surface area contributed by atoms with E-state index in [0.29, 0.717) is 12.0 Å². The van der Waals surface area contributed by atoms with Gasteiger partial charge in [-0.05, 0) is 50.8 Å². The van der Waals surface area contributed by atoms with Gasteiger partial charge in [0.1, 0.15) is 0 Å². The zero-order valence-corrected chi connectivity index (χ0v) is 12.2. The normalized spacial score (nSPS) is 20.0. The first-order valence-corrected chi connectivity index (χ1v) is 7.61. The van der Waals surface area contributed by atoms with Crippen LogP contribution < -0.4 is 5.32 Å². The molecule has 2 unspecified atom stereocenters. The lowest BCUT2D eigenvalue weighted by Gasteiger charge is -2.32. The van der Waals surface area contributed by atoms with Crippen molar-refractivity contribution in [1.82, 2.24) is 10.3 Å². The van der Waals surface area contributed by atoms with Gasteiger partial charge < -0.3 is 10.1 Å². The van der Waals surface area contributed by atoms with Gasteiger partial charge in [-0.3, -0.25) is 4.98 Å². The molecule has 1 aliphatic carbocycles. The van der Waals surface area contributed by atoms with Crippen LogP contribution in [0.1, 0.15) is 50.3 Å². The summed E-state index contributed by atoms with van der Waals surface area (Å²) >= 11 is 0. The van der Waals surface area contributed by atoms with Crippen LogP contribution in [-0.2, 0) is 11.2 Å². The number of fused-ring (bicyclic) bond motifs is 1. The molecule has 0 spiro atoms. The van der Waals surface area contributed by atoms with Crippen molar-refractivity contribution < 1.29 is 4.74 Å². The Labute approximate surface area is 116 Å². The molecule has 0 bridgehead atoms. The van der Waals surface area contributed by atoms with Crippen LogP contribution in [0.5, 0.6) is 0 Å². The highest BCUT2D eigenvalue weighted by Crippen LogP contribution is 2.33. The SMILES string of the molecule is CCNC(CCOCC)C1CCCc2cccnc21. The topological polar surface area (TPSA) is 34.1 Å². The van der Waals surface area contributed by atoms with Gasteiger partial charge in [-0.15, -0.1) is 0 Å². The first-order chi connectivity index (χ1) is 9.36. The highest BCUT2D eigenvalue weighted by molar-refractivity contribution is 5.27. The van der Waals surface area contributed by atoms with Crippen molar-refractivity contribution in [2.75, 3.05) is 19.8 Å². The fraction of sp³-hybridized carbons (Fsp3) is 0.688. The number of aryl methyl sites for hydroxylation is 1. The predicted molar refractivity (Wildman–Crippen MR) is 78.5 cm³/mol. The second kappa shape index (κ2) is 7.61. The number of hydrogen-bond acceptors (Lipinski definition) is 3. The summed E-state index contributed by atoms with van der Waals surface area (Å²) in [5.41, 5.74) is 2.76. The lowest BCUT2D eigenvalue weighted by atomic mass is 9.81. The third-order valence-corrected chi connectivity index (χ3v) is 3.97. The summed E-state index contributed by atoms with van der Waals surface area (Å²) < 4.78 is 5.53. The molecule has 0 aliphatic heterocycles. The highest BCUT2D eigenvalue weighted by Gasteiger charge is 2.28. The Hall–Kier alpha value is -0.930. The maximum absolute atomic E-state index is 5.53. The molecule has 0 amide bonds. The summed E-state index contributed by atoms with van der Waals surface area (Å²) in [7, 11) is 0. The van der Waals surface area contributed by atoms with Crippen LogP contribution >= 0.6 is 0 Å². The van der Waals surface area contributed by atoms with E-state index in [2.05, 4.69) is 36.3 Å². The second-order valence-corrected chi connectivity index (χ2v) is 5.20. The predicted octanol–water partition coefficient (Wildman–Crippen LogP) is 2.91. The lowest BCUT2D eigenvalue weighted by molar-refractivity contribution is 0.132. The molecule has 0 aromatic carbocycles. The summed E-state index contributed by atoms with van der Waals surface area (Å²) in [6, 6.07) is 4.79. The van der Waals surface area contributed by atoms with Gasteiger partial charge in [-0.1, -0.05) is 13.0 Å². The van der Waals surface area contributed by atoms with E-state index in [0.717, 1.165) is 26.2 Å². The first-order valence-electron chi connectivity index (χ1n) is 7.61. The molecule has 0 saturated carbocycles. The maximum Gasteiger partial charge on any atom is 0.0481 e. The quantitative estimate of drug-likeness (QED) is 0.767. The molecule has 0 saturated heterocycles. The first kappa shape index (κ1) is 14.5. The zero-order chi connectivity index (χ0) is 13.5. The molecule has 2 atom stereocenters. The third-order valence-electron chi connectivity index (χ3n) is 3.97. The Morgan fingerprint density at radius 1 is 1.47 bits per heavy atom. The number of ether oxygens (including phenoxy) is 1. The van der Waals surface area contributed by atoms with Crippen LogP contribution in [0.2, 0.25) is 0 Å². The second-order valence-electron chi connectivity index (χ2n) is 5.20. The summed E-state index contributed by atoms with van der Waals surface area (Å²) in [6.07, 6.45) is 6.71. The van der Waals surface area contributed by atoms with Crippen LogP contribution in [0.4, 0.5) is 0 Å². The molecule has 2 rings (SSSR count). The van der Waals surface area contributed by atoms with E-state index in [1.807, 2.05) is 6.20 Å². The van der Waals surface area contributed by atoms with Gasteiger partial charge in [0.15, 0.2) is 0 Å². The minimum Gasteiger partial charge on any atom is -0.382 e. The lowest BCUT2D eigenvalue weighted by Crippen LogP contribution is -2.37. The Kier molecular flexibility index (Phi) is 5.80.